The number of nitrogens with zero attached hydrogens (tertiary/aromatic N) is 2. The van der Waals surface area contributed by atoms with Gasteiger partial charge in [-0.1, -0.05) is 0 Å². The Kier molecular flexibility index (Phi) is 2.29. The number of fused-ring (bicyclic) bond motifs is 1. The van der Waals surface area contributed by atoms with Crippen LogP contribution in [0.4, 0.5) is 5.82 Å². The maximum atomic E-state index is 9.10. The van der Waals surface area contributed by atoms with Gasteiger partial charge in [0.2, 0.25) is 0 Å². The van der Waals surface area contributed by atoms with E-state index in [0.29, 0.717) is 12.6 Å². The molecule has 1 saturated carbocycles. The van der Waals surface area contributed by atoms with Crippen LogP contribution in [0.3, 0.4) is 0 Å². The van der Waals surface area contributed by atoms with Gasteiger partial charge in [-0.05, 0) is 25.0 Å². The highest BCUT2D eigenvalue weighted by molar-refractivity contribution is 5.88. The summed E-state index contributed by atoms with van der Waals surface area (Å²) in [6.07, 6.45) is 5.82. The fraction of sp³-hybridized carbons (Fsp3) is 0.417. The Morgan fingerprint density at radius 1 is 1.44 bits per heavy atom. The van der Waals surface area contributed by atoms with Crippen molar-refractivity contribution >= 4 is 16.8 Å². The zero-order valence-electron chi connectivity index (χ0n) is 8.97. The second-order valence-corrected chi connectivity index (χ2v) is 4.12. The minimum atomic E-state index is 0.159. The van der Waals surface area contributed by atoms with Crippen LogP contribution in [-0.2, 0) is 0 Å². The van der Waals surface area contributed by atoms with E-state index in [9.17, 15) is 0 Å². The molecule has 0 atom stereocenters. The lowest BCUT2D eigenvalue weighted by Gasteiger charge is -2.22. The topological polar surface area (TPSA) is 49.5 Å². The second kappa shape index (κ2) is 3.79. The van der Waals surface area contributed by atoms with Gasteiger partial charge in [0.15, 0.2) is 0 Å². The summed E-state index contributed by atoms with van der Waals surface area (Å²) in [6, 6.07) is 4.34. The van der Waals surface area contributed by atoms with Crippen LogP contribution in [-0.4, -0.2) is 29.3 Å². The van der Waals surface area contributed by atoms with Crippen LogP contribution in [0.2, 0.25) is 0 Å². The average Bonchev–Trinajstić information content (AvgIpc) is 3.02. The number of hydrogen-bond acceptors (Lipinski definition) is 4. The highest BCUT2D eigenvalue weighted by atomic mass is 16.3. The molecule has 0 aliphatic heterocycles. The third-order valence-electron chi connectivity index (χ3n) is 2.96. The normalized spacial score (nSPS) is 15.6. The molecule has 3 rings (SSSR count). The Morgan fingerprint density at radius 2 is 2.31 bits per heavy atom. The van der Waals surface area contributed by atoms with Gasteiger partial charge in [-0.25, -0.2) is 4.98 Å². The van der Waals surface area contributed by atoms with Gasteiger partial charge in [-0.3, -0.25) is 0 Å². The zero-order chi connectivity index (χ0) is 11.0. The first-order chi connectivity index (χ1) is 7.90. The zero-order valence-corrected chi connectivity index (χ0v) is 8.97. The summed E-state index contributed by atoms with van der Waals surface area (Å²) in [4.78, 5) is 6.59. The Labute approximate surface area is 93.5 Å². The summed E-state index contributed by atoms with van der Waals surface area (Å²) in [5, 5.41) is 10.1. The average molecular weight is 218 g/mol. The maximum absolute atomic E-state index is 9.10. The van der Waals surface area contributed by atoms with Crippen molar-refractivity contribution < 1.29 is 9.52 Å². The lowest BCUT2D eigenvalue weighted by atomic mass is 10.3. The molecule has 84 valence electrons. The highest BCUT2D eigenvalue weighted by Crippen LogP contribution is 2.34. The number of pyridine rings is 1. The number of anilines is 1. The van der Waals surface area contributed by atoms with Gasteiger partial charge in [0, 0.05) is 18.8 Å². The van der Waals surface area contributed by atoms with E-state index >= 15 is 0 Å². The fourth-order valence-electron chi connectivity index (χ4n) is 2.06. The summed E-state index contributed by atoms with van der Waals surface area (Å²) in [5.74, 6) is 0.933. The van der Waals surface area contributed by atoms with Gasteiger partial charge in [-0.2, -0.15) is 0 Å². The summed E-state index contributed by atoms with van der Waals surface area (Å²) in [7, 11) is 0. The molecule has 0 unspecified atom stereocenters. The number of hydrogen-bond donors (Lipinski definition) is 1. The minimum Gasteiger partial charge on any atom is -0.464 e. The fourth-order valence-corrected chi connectivity index (χ4v) is 2.06. The van der Waals surface area contributed by atoms with E-state index in [1.165, 1.54) is 12.8 Å². The van der Waals surface area contributed by atoms with Gasteiger partial charge in [-0.15, -0.1) is 0 Å². The van der Waals surface area contributed by atoms with E-state index in [1.807, 2.05) is 12.1 Å². The van der Waals surface area contributed by atoms with Crippen LogP contribution in [0.25, 0.3) is 11.0 Å². The Balaban J connectivity index is 2.04. The number of aliphatic hydroxyl groups is 1. The van der Waals surface area contributed by atoms with Gasteiger partial charge in [0.05, 0.1) is 18.3 Å². The lowest BCUT2D eigenvalue weighted by Crippen LogP contribution is -2.29. The SMILES string of the molecule is OCCN(c1nccc2occc12)C1CC1. The molecule has 0 amide bonds. The van der Waals surface area contributed by atoms with Gasteiger partial charge >= 0.3 is 0 Å². The van der Waals surface area contributed by atoms with Crippen LogP contribution >= 0.6 is 0 Å². The molecule has 1 fully saturated rings. The third-order valence-corrected chi connectivity index (χ3v) is 2.96. The Hall–Kier alpha value is -1.55. The molecule has 1 aliphatic carbocycles. The molecule has 2 heterocycles. The molecule has 1 aliphatic rings. The molecular weight excluding hydrogens is 204 g/mol. The lowest BCUT2D eigenvalue weighted by molar-refractivity contribution is 0.301. The van der Waals surface area contributed by atoms with Crippen LogP contribution in [0.5, 0.6) is 0 Å². The first kappa shape index (κ1) is 9.66. The van der Waals surface area contributed by atoms with Crippen molar-refractivity contribution in [1.82, 2.24) is 4.98 Å². The van der Waals surface area contributed by atoms with Crippen LogP contribution in [0, 0.1) is 0 Å². The predicted octanol–water partition coefficient (Wildman–Crippen LogP) is 1.79. The molecule has 2 aromatic heterocycles. The molecule has 2 aromatic rings. The molecule has 0 saturated heterocycles. The molecule has 1 N–H and O–H groups in total. The van der Waals surface area contributed by atoms with Gasteiger partial charge in [0.25, 0.3) is 0 Å². The van der Waals surface area contributed by atoms with E-state index in [4.69, 9.17) is 9.52 Å². The molecule has 4 nitrogen and oxygen atoms in total. The molecule has 0 radical (unpaired) electrons. The summed E-state index contributed by atoms with van der Waals surface area (Å²) in [5.41, 5.74) is 0.855. The summed E-state index contributed by atoms with van der Waals surface area (Å²) < 4.78 is 5.36. The van der Waals surface area contributed by atoms with Gasteiger partial charge in [0.1, 0.15) is 11.4 Å². The largest absolute Gasteiger partial charge is 0.464 e. The van der Waals surface area contributed by atoms with Gasteiger partial charge < -0.3 is 14.4 Å². The monoisotopic (exact) mass is 218 g/mol. The van der Waals surface area contributed by atoms with Crippen molar-refractivity contribution in [3.63, 3.8) is 0 Å². The van der Waals surface area contributed by atoms with E-state index in [1.54, 1.807) is 12.5 Å². The van der Waals surface area contributed by atoms with Crippen LogP contribution in [0.15, 0.2) is 29.0 Å². The van der Waals surface area contributed by atoms with E-state index in [2.05, 4.69) is 9.88 Å². The number of rotatable bonds is 4. The molecule has 4 heteroatoms. The Morgan fingerprint density at radius 3 is 3.06 bits per heavy atom. The van der Waals surface area contributed by atoms with Crippen LogP contribution in [0.1, 0.15) is 12.8 Å². The van der Waals surface area contributed by atoms with Crippen molar-refractivity contribution in [3.8, 4) is 0 Å². The predicted molar refractivity (Wildman–Crippen MR) is 61.5 cm³/mol. The first-order valence-corrected chi connectivity index (χ1v) is 5.60. The number of furan rings is 1. The molecular formula is C12H14N2O2. The second-order valence-electron chi connectivity index (χ2n) is 4.12. The molecule has 16 heavy (non-hydrogen) atoms. The van der Waals surface area contributed by atoms with E-state index in [-0.39, 0.29) is 6.61 Å². The summed E-state index contributed by atoms with van der Waals surface area (Å²) >= 11 is 0. The van der Waals surface area contributed by atoms with Crippen molar-refractivity contribution in [1.29, 1.82) is 0 Å². The van der Waals surface area contributed by atoms with E-state index < -0.39 is 0 Å². The summed E-state index contributed by atoms with van der Waals surface area (Å²) in [6.45, 7) is 0.800. The quantitative estimate of drug-likeness (QED) is 0.850. The molecule has 0 bridgehead atoms. The molecule has 0 aromatic carbocycles. The Bertz CT molecular complexity index is 490. The van der Waals surface area contributed by atoms with Crippen molar-refractivity contribution in [2.24, 2.45) is 0 Å². The first-order valence-electron chi connectivity index (χ1n) is 5.60. The number of aliphatic hydroxyl groups excluding tert-OH is 1. The minimum absolute atomic E-state index is 0.159. The van der Waals surface area contributed by atoms with Crippen molar-refractivity contribution in [2.75, 3.05) is 18.1 Å². The molecule has 0 spiro atoms. The number of aromatic nitrogens is 1. The van der Waals surface area contributed by atoms with Crippen molar-refractivity contribution in [2.45, 2.75) is 18.9 Å². The smallest absolute Gasteiger partial charge is 0.140 e. The highest BCUT2D eigenvalue weighted by Gasteiger charge is 2.30. The third kappa shape index (κ3) is 1.55. The van der Waals surface area contributed by atoms with E-state index in [0.717, 1.165) is 16.8 Å². The standard InChI is InChI=1S/C12H14N2O2/c15-7-6-14(9-1-2-9)12-10-4-8-16-11(10)3-5-13-12/h3-5,8-9,15H,1-2,6-7H2. The van der Waals surface area contributed by atoms with Crippen molar-refractivity contribution in [3.05, 3.63) is 24.6 Å². The maximum Gasteiger partial charge on any atom is 0.140 e. The van der Waals surface area contributed by atoms with Crippen LogP contribution < -0.4 is 4.90 Å².